The van der Waals surface area contributed by atoms with Crippen molar-refractivity contribution in [1.29, 1.82) is 0 Å². The smallest absolute Gasteiger partial charge is 0.328 e. The van der Waals surface area contributed by atoms with Gasteiger partial charge in [-0.25, -0.2) is 9.78 Å². The van der Waals surface area contributed by atoms with Crippen LogP contribution in [0.1, 0.15) is 18.1 Å². The van der Waals surface area contributed by atoms with Gasteiger partial charge >= 0.3 is 11.9 Å². The Labute approximate surface area is 144 Å². The molecule has 0 aliphatic carbocycles. The van der Waals surface area contributed by atoms with Gasteiger partial charge in [-0.2, -0.15) is 0 Å². The number of fused-ring (bicyclic) bond motifs is 1. The average molecular weight is 356 g/mol. The number of carbonyl (C=O) groups excluding carboxylic acids is 2. The van der Waals surface area contributed by atoms with E-state index in [1.807, 2.05) is 0 Å². The molecule has 0 fully saturated rings. The molecule has 2 heterocycles. The summed E-state index contributed by atoms with van der Waals surface area (Å²) in [6.45, 7) is 2.37. The number of esters is 1. The molecule has 0 radical (unpaired) electrons. The van der Waals surface area contributed by atoms with Crippen molar-refractivity contribution in [1.82, 2.24) is 9.88 Å². The molecule has 0 atom stereocenters. The van der Waals surface area contributed by atoms with Crippen molar-refractivity contribution < 1.29 is 24.2 Å². The fraction of sp³-hybridized carbons (Fsp3) is 0.333. The number of aromatic nitrogens is 1. The van der Waals surface area contributed by atoms with E-state index in [0.29, 0.717) is 23.5 Å². The Kier molecular flexibility index (Phi) is 7.34. The molecule has 9 heteroatoms. The summed E-state index contributed by atoms with van der Waals surface area (Å²) in [5.41, 5.74) is 1.30. The largest absolute Gasteiger partial charge is 0.478 e. The maximum atomic E-state index is 11.9. The topological polar surface area (TPSA) is 109 Å². The Bertz CT molecular complexity index is 663. The SMILES string of the molecule is CCOC(=O)CN1CC(=O)Nc2ncc(C=CC(=O)O)cc2C1.Cl. The molecule has 1 aliphatic heterocycles. The Morgan fingerprint density at radius 1 is 1.46 bits per heavy atom. The standard InChI is InChI=1S/C15H17N3O5.ClH/c1-2-23-14(22)9-18-7-11-5-10(3-4-13(20)21)6-16-15(11)17-12(19)8-18;/h3-6H,2,7-9H2,1H3,(H,20,21)(H,16,17,19);1H. The van der Waals surface area contributed by atoms with E-state index in [1.165, 1.54) is 12.3 Å². The highest BCUT2D eigenvalue weighted by molar-refractivity contribution is 5.93. The van der Waals surface area contributed by atoms with E-state index in [9.17, 15) is 14.4 Å². The van der Waals surface area contributed by atoms with Crippen molar-refractivity contribution in [2.45, 2.75) is 13.5 Å². The van der Waals surface area contributed by atoms with Gasteiger partial charge in [0.05, 0.1) is 19.7 Å². The normalized spacial score (nSPS) is 14.3. The van der Waals surface area contributed by atoms with Crippen LogP contribution in [0.25, 0.3) is 6.08 Å². The van der Waals surface area contributed by atoms with Gasteiger partial charge in [0.1, 0.15) is 5.82 Å². The Morgan fingerprint density at radius 3 is 2.88 bits per heavy atom. The number of ether oxygens (including phenoxy) is 1. The highest BCUT2D eigenvalue weighted by Crippen LogP contribution is 2.20. The summed E-state index contributed by atoms with van der Waals surface area (Å²) >= 11 is 0. The van der Waals surface area contributed by atoms with Gasteiger partial charge in [0.2, 0.25) is 5.91 Å². The molecule has 0 bridgehead atoms. The molecule has 24 heavy (non-hydrogen) atoms. The number of rotatable bonds is 5. The second-order valence-corrected chi connectivity index (χ2v) is 4.95. The van der Waals surface area contributed by atoms with Gasteiger partial charge in [-0.05, 0) is 24.6 Å². The molecule has 0 aromatic carbocycles. The Hall–Kier alpha value is -2.45. The van der Waals surface area contributed by atoms with Crippen LogP contribution in [0.15, 0.2) is 18.3 Å². The van der Waals surface area contributed by atoms with Crippen molar-refractivity contribution >= 4 is 42.1 Å². The minimum Gasteiger partial charge on any atom is -0.478 e. The first-order valence-corrected chi connectivity index (χ1v) is 7.05. The van der Waals surface area contributed by atoms with Gasteiger partial charge in [-0.1, -0.05) is 0 Å². The van der Waals surface area contributed by atoms with Crippen molar-refractivity contribution in [2.75, 3.05) is 25.0 Å². The fourth-order valence-corrected chi connectivity index (χ4v) is 2.19. The van der Waals surface area contributed by atoms with Crippen LogP contribution in [0.3, 0.4) is 0 Å². The molecule has 0 saturated heterocycles. The summed E-state index contributed by atoms with van der Waals surface area (Å²) < 4.78 is 4.89. The first kappa shape index (κ1) is 19.6. The molecule has 2 N–H and O–H groups in total. The van der Waals surface area contributed by atoms with E-state index >= 15 is 0 Å². The first-order chi connectivity index (χ1) is 11.0. The molecule has 0 saturated carbocycles. The molecule has 2 rings (SSSR count). The lowest BCUT2D eigenvalue weighted by molar-refractivity contribution is -0.144. The van der Waals surface area contributed by atoms with Gasteiger partial charge in [0, 0.05) is 24.4 Å². The highest BCUT2D eigenvalue weighted by Gasteiger charge is 2.22. The first-order valence-electron chi connectivity index (χ1n) is 7.05. The van der Waals surface area contributed by atoms with Crippen LogP contribution in [0.2, 0.25) is 0 Å². The van der Waals surface area contributed by atoms with Crippen molar-refractivity contribution in [3.8, 4) is 0 Å². The minimum absolute atomic E-state index is 0. The lowest BCUT2D eigenvalue weighted by Crippen LogP contribution is -2.35. The third kappa shape index (κ3) is 5.64. The maximum Gasteiger partial charge on any atom is 0.328 e. The number of pyridine rings is 1. The van der Waals surface area contributed by atoms with Crippen molar-refractivity contribution in [3.05, 3.63) is 29.5 Å². The van der Waals surface area contributed by atoms with Crippen LogP contribution in [-0.2, 0) is 25.7 Å². The van der Waals surface area contributed by atoms with E-state index in [0.717, 1.165) is 6.08 Å². The van der Waals surface area contributed by atoms with Crippen molar-refractivity contribution in [2.24, 2.45) is 0 Å². The van der Waals surface area contributed by atoms with Crippen LogP contribution in [0.4, 0.5) is 5.82 Å². The summed E-state index contributed by atoms with van der Waals surface area (Å²) in [6, 6.07) is 1.73. The molecule has 1 aromatic rings. The zero-order valence-corrected chi connectivity index (χ0v) is 13.8. The lowest BCUT2D eigenvalue weighted by Gasteiger charge is -2.17. The average Bonchev–Trinajstić information content (AvgIpc) is 2.62. The van der Waals surface area contributed by atoms with Crippen LogP contribution < -0.4 is 5.32 Å². The second-order valence-electron chi connectivity index (χ2n) is 4.95. The van der Waals surface area contributed by atoms with Crippen LogP contribution in [0, 0.1) is 0 Å². The molecular weight excluding hydrogens is 338 g/mol. The molecular formula is C15H18ClN3O5. The number of anilines is 1. The van der Waals surface area contributed by atoms with E-state index in [-0.39, 0.29) is 38.0 Å². The zero-order valence-electron chi connectivity index (χ0n) is 13.0. The second kappa shape index (κ2) is 8.99. The quantitative estimate of drug-likeness (QED) is 0.597. The molecule has 0 spiro atoms. The molecule has 8 nitrogen and oxygen atoms in total. The summed E-state index contributed by atoms with van der Waals surface area (Å²) in [7, 11) is 0. The molecule has 1 aliphatic rings. The van der Waals surface area contributed by atoms with E-state index in [4.69, 9.17) is 9.84 Å². The number of amides is 1. The number of carbonyl (C=O) groups is 3. The van der Waals surface area contributed by atoms with E-state index < -0.39 is 11.9 Å². The third-order valence-corrected chi connectivity index (χ3v) is 3.08. The number of hydrogen-bond acceptors (Lipinski definition) is 6. The monoisotopic (exact) mass is 355 g/mol. The number of nitrogens with one attached hydrogen (secondary N) is 1. The number of aliphatic carboxylic acids is 1. The zero-order chi connectivity index (χ0) is 16.8. The Balaban J connectivity index is 0.00000288. The van der Waals surface area contributed by atoms with Crippen LogP contribution in [-0.4, -0.2) is 52.5 Å². The summed E-state index contributed by atoms with van der Waals surface area (Å²) in [4.78, 5) is 39.8. The number of carboxylic acid groups (broad SMARTS) is 1. The van der Waals surface area contributed by atoms with Gasteiger partial charge < -0.3 is 15.2 Å². The summed E-state index contributed by atoms with van der Waals surface area (Å²) in [6.07, 6.45) is 3.90. The number of carboxylic acids is 1. The Morgan fingerprint density at radius 2 is 2.21 bits per heavy atom. The van der Waals surface area contributed by atoms with E-state index in [1.54, 1.807) is 17.9 Å². The van der Waals surface area contributed by atoms with Crippen molar-refractivity contribution in [3.63, 3.8) is 0 Å². The van der Waals surface area contributed by atoms with Crippen LogP contribution >= 0.6 is 12.4 Å². The predicted molar refractivity (Wildman–Crippen MR) is 88.7 cm³/mol. The van der Waals surface area contributed by atoms with Gasteiger partial charge in [0.25, 0.3) is 0 Å². The van der Waals surface area contributed by atoms with Gasteiger partial charge in [-0.3, -0.25) is 14.5 Å². The fourth-order valence-electron chi connectivity index (χ4n) is 2.19. The van der Waals surface area contributed by atoms with E-state index in [2.05, 4.69) is 10.3 Å². The lowest BCUT2D eigenvalue weighted by atomic mass is 10.1. The molecule has 1 aromatic heterocycles. The number of hydrogen-bond donors (Lipinski definition) is 2. The molecule has 1 amide bonds. The third-order valence-electron chi connectivity index (χ3n) is 3.08. The molecule has 0 unspecified atom stereocenters. The minimum atomic E-state index is -1.06. The van der Waals surface area contributed by atoms with Gasteiger partial charge in [-0.15, -0.1) is 12.4 Å². The highest BCUT2D eigenvalue weighted by atomic mass is 35.5. The summed E-state index contributed by atoms with van der Waals surface area (Å²) in [5, 5.41) is 11.3. The maximum absolute atomic E-state index is 11.9. The number of nitrogens with zero attached hydrogens (tertiary/aromatic N) is 2. The molecule has 130 valence electrons. The predicted octanol–water partition coefficient (Wildman–Crippen LogP) is 0.918. The summed E-state index contributed by atoms with van der Waals surface area (Å²) in [5.74, 6) is -1.32. The van der Waals surface area contributed by atoms with Gasteiger partial charge in [0.15, 0.2) is 0 Å². The number of halogens is 1. The van der Waals surface area contributed by atoms with Crippen LogP contribution in [0.5, 0.6) is 0 Å².